The number of anilines is 2. The molecular formula is C28H24Cl3N5O2S. The highest BCUT2D eigenvalue weighted by atomic mass is 35.5. The van der Waals surface area contributed by atoms with Crippen LogP contribution in [0.1, 0.15) is 31.0 Å². The third-order valence-corrected chi connectivity index (χ3v) is 8.02. The fourth-order valence-electron chi connectivity index (χ4n) is 4.32. The number of allylic oxidation sites excluding steroid dienone is 1. The van der Waals surface area contributed by atoms with Crippen molar-refractivity contribution in [2.75, 3.05) is 17.2 Å². The molecule has 0 saturated heterocycles. The summed E-state index contributed by atoms with van der Waals surface area (Å²) >= 11 is 21.1. The van der Waals surface area contributed by atoms with E-state index in [0.717, 1.165) is 5.56 Å². The number of aromatic nitrogens is 3. The van der Waals surface area contributed by atoms with Gasteiger partial charge in [-0.05, 0) is 49.7 Å². The number of hydrogen-bond acceptors (Lipinski definition) is 6. The van der Waals surface area contributed by atoms with Crippen LogP contribution in [0.4, 0.5) is 11.6 Å². The second kappa shape index (κ2) is 11.9. The topological polar surface area (TPSA) is 81.1 Å². The summed E-state index contributed by atoms with van der Waals surface area (Å²) < 4.78 is 7.36. The Morgan fingerprint density at radius 3 is 2.46 bits per heavy atom. The van der Waals surface area contributed by atoms with E-state index in [1.807, 2.05) is 50.2 Å². The molecule has 0 aliphatic carbocycles. The molecule has 2 heterocycles. The van der Waals surface area contributed by atoms with Gasteiger partial charge >= 0.3 is 0 Å². The maximum absolute atomic E-state index is 13.9. The fourth-order valence-corrected chi connectivity index (χ4v) is 6.04. The van der Waals surface area contributed by atoms with Crippen LogP contribution in [-0.2, 0) is 10.5 Å². The van der Waals surface area contributed by atoms with Crippen LogP contribution in [0.15, 0.2) is 83.2 Å². The van der Waals surface area contributed by atoms with Gasteiger partial charge in [0.05, 0.1) is 17.9 Å². The smallest absolute Gasteiger partial charge is 0.255 e. The van der Waals surface area contributed by atoms with Crippen molar-refractivity contribution in [3.63, 3.8) is 0 Å². The van der Waals surface area contributed by atoms with Crippen LogP contribution in [0.25, 0.3) is 0 Å². The molecule has 0 bridgehead atoms. The highest BCUT2D eigenvalue weighted by Crippen LogP contribution is 2.42. The van der Waals surface area contributed by atoms with Gasteiger partial charge in [0.2, 0.25) is 11.1 Å². The van der Waals surface area contributed by atoms with E-state index in [2.05, 4.69) is 15.6 Å². The molecule has 4 aromatic rings. The van der Waals surface area contributed by atoms with E-state index in [1.165, 1.54) is 11.8 Å². The zero-order valence-electron chi connectivity index (χ0n) is 21.0. The standard InChI is InChI=1S/C28H24Cl3N5O2S/c1-3-38-22-14-7-6-13-21(22)33-26(37)23-16(2)32-27-34-28(39-15-17-9-4-5-10-18(17)29)35-36(27)25(23)24-19(30)11-8-12-20(24)31/h4-14,25H,3,15H2,1-2H3,(H,33,37)(H,32,34,35). The minimum Gasteiger partial charge on any atom is -0.492 e. The Balaban J connectivity index is 1.54. The minimum atomic E-state index is -0.733. The van der Waals surface area contributed by atoms with Crippen LogP contribution in [0, 0.1) is 0 Å². The number of fused-ring (bicyclic) bond motifs is 1. The monoisotopic (exact) mass is 599 g/mol. The van der Waals surface area contributed by atoms with Crippen molar-refractivity contribution in [1.29, 1.82) is 0 Å². The summed E-state index contributed by atoms with van der Waals surface area (Å²) in [6.45, 7) is 4.17. The van der Waals surface area contributed by atoms with Gasteiger partial charge in [-0.2, -0.15) is 4.98 Å². The molecule has 3 aromatic carbocycles. The number of carbonyl (C=O) groups excluding carboxylic acids is 1. The molecule has 11 heteroatoms. The third-order valence-electron chi connectivity index (χ3n) is 6.10. The van der Waals surface area contributed by atoms with Crippen LogP contribution in [0.2, 0.25) is 15.1 Å². The number of hydrogen-bond donors (Lipinski definition) is 2. The molecular weight excluding hydrogens is 577 g/mol. The summed E-state index contributed by atoms with van der Waals surface area (Å²) in [6.07, 6.45) is 0. The fraction of sp³-hybridized carbons (Fsp3) is 0.179. The van der Waals surface area contributed by atoms with E-state index in [0.29, 0.717) is 66.8 Å². The Bertz CT molecular complexity index is 1550. The Labute approximate surface area is 245 Å². The van der Waals surface area contributed by atoms with Gasteiger partial charge in [-0.25, -0.2) is 4.68 Å². The lowest BCUT2D eigenvalue weighted by atomic mass is 9.94. The zero-order chi connectivity index (χ0) is 27.5. The zero-order valence-corrected chi connectivity index (χ0v) is 24.1. The summed E-state index contributed by atoms with van der Waals surface area (Å²) in [7, 11) is 0. The maximum atomic E-state index is 13.9. The molecule has 2 N–H and O–H groups in total. The second-order valence-corrected chi connectivity index (χ2v) is 10.8. The molecule has 39 heavy (non-hydrogen) atoms. The molecule has 1 aliphatic rings. The maximum Gasteiger partial charge on any atom is 0.255 e. The van der Waals surface area contributed by atoms with E-state index in [-0.39, 0.29) is 5.91 Å². The molecule has 0 fully saturated rings. The van der Waals surface area contributed by atoms with Gasteiger partial charge in [-0.1, -0.05) is 83.0 Å². The molecule has 1 aromatic heterocycles. The molecule has 200 valence electrons. The van der Waals surface area contributed by atoms with Crippen molar-refractivity contribution in [1.82, 2.24) is 14.8 Å². The second-order valence-electron chi connectivity index (χ2n) is 8.63. The number of thioether (sulfide) groups is 1. The number of benzene rings is 3. The van der Waals surface area contributed by atoms with Crippen molar-refractivity contribution >= 4 is 64.1 Å². The van der Waals surface area contributed by atoms with Crippen molar-refractivity contribution in [2.45, 2.75) is 30.8 Å². The molecule has 0 spiro atoms. The highest BCUT2D eigenvalue weighted by molar-refractivity contribution is 7.98. The molecule has 0 saturated carbocycles. The molecule has 1 atom stereocenters. The molecule has 0 radical (unpaired) electrons. The molecule has 1 aliphatic heterocycles. The quantitative estimate of drug-likeness (QED) is 0.200. The summed E-state index contributed by atoms with van der Waals surface area (Å²) in [6, 6.07) is 19.4. The van der Waals surface area contributed by atoms with Gasteiger partial charge in [0.25, 0.3) is 5.91 Å². The van der Waals surface area contributed by atoms with Gasteiger partial charge in [0, 0.05) is 32.1 Å². The Kier molecular flexibility index (Phi) is 8.37. The summed E-state index contributed by atoms with van der Waals surface area (Å²) in [4.78, 5) is 18.6. The lowest BCUT2D eigenvalue weighted by Gasteiger charge is -2.29. The van der Waals surface area contributed by atoms with Crippen LogP contribution in [-0.4, -0.2) is 27.3 Å². The van der Waals surface area contributed by atoms with E-state index < -0.39 is 6.04 Å². The van der Waals surface area contributed by atoms with Crippen molar-refractivity contribution in [3.8, 4) is 5.75 Å². The minimum absolute atomic E-state index is 0.348. The summed E-state index contributed by atoms with van der Waals surface area (Å²) in [5.41, 5.74) is 3.08. The SMILES string of the molecule is CCOc1ccccc1NC(=O)C1=C(C)Nc2nc(SCc3ccccc3Cl)nn2C1c1c(Cl)cccc1Cl. The first kappa shape index (κ1) is 27.4. The van der Waals surface area contributed by atoms with Gasteiger partial charge in [0.15, 0.2) is 0 Å². The Morgan fingerprint density at radius 2 is 1.72 bits per heavy atom. The third kappa shape index (κ3) is 5.75. The number of nitrogens with one attached hydrogen (secondary N) is 2. The van der Waals surface area contributed by atoms with Crippen LogP contribution >= 0.6 is 46.6 Å². The lowest BCUT2D eigenvalue weighted by molar-refractivity contribution is -0.113. The van der Waals surface area contributed by atoms with E-state index in [1.54, 1.807) is 35.0 Å². The summed E-state index contributed by atoms with van der Waals surface area (Å²) in [5, 5.41) is 13.0. The Morgan fingerprint density at radius 1 is 1.03 bits per heavy atom. The molecule has 5 rings (SSSR count). The van der Waals surface area contributed by atoms with E-state index in [4.69, 9.17) is 44.6 Å². The number of nitrogens with zero attached hydrogens (tertiary/aromatic N) is 3. The van der Waals surface area contributed by atoms with Crippen LogP contribution < -0.4 is 15.4 Å². The van der Waals surface area contributed by atoms with Gasteiger partial charge in [-0.15, -0.1) is 5.10 Å². The van der Waals surface area contributed by atoms with Gasteiger partial charge < -0.3 is 15.4 Å². The summed E-state index contributed by atoms with van der Waals surface area (Å²) in [5.74, 6) is 1.28. The largest absolute Gasteiger partial charge is 0.492 e. The lowest BCUT2D eigenvalue weighted by Crippen LogP contribution is -2.32. The van der Waals surface area contributed by atoms with E-state index >= 15 is 0 Å². The normalized spacial score (nSPS) is 14.5. The van der Waals surface area contributed by atoms with Crippen LogP contribution in [0.3, 0.4) is 0 Å². The average Bonchev–Trinajstić information content (AvgIpc) is 3.31. The number of rotatable bonds is 8. The number of ether oxygens (including phenoxy) is 1. The molecule has 7 nitrogen and oxygen atoms in total. The molecule has 1 amide bonds. The first-order chi connectivity index (χ1) is 18.9. The predicted octanol–water partition coefficient (Wildman–Crippen LogP) is 7.86. The number of amides is 1. The number of para-hydroxylation sites is 2. The number of carbonyl (C=O) groups is 1. The van der Waals surface area contributed by atoms with Gasteiger partial charge in [0.1, 0.15) is 11.8 Å². The van der Waals surface area contributed by atoms with Crippen molar-refractivity contribution in [2.24, 2.45) is 0 Å². The first-order valence-electron chi connectivity index (χ1n) is 12.1. The average molecular weight is 601 g/mol. The van der Waals surface area contributed by atoms with Crippen molar-refractivity contribution < 1.29 is 9.53 Å². The number of halogens is 3. The van der Waals surface area contributed by atoms with Crippen LogP contribution in [0.5, 0.6) is 5.75 Å². The van der Waals surface area contributed by atoms with E-state index in [9.17, 15) is 4.79 Å². The first-order valence-corrected chi connectivity index (χ1v) is 14.3. The van der Waals surface area contributed by atoms with Gasteiger partial charge in [-0.3, -0.25) is 4.79 Å². The Hall–Kier alpha value is -3.17. The van der Waals surface area contributed by atoms with Crippen molar-refractivity contribution in [3.05, 3.63) is 104 Å². The highest BCUT2D eigenvalue weighted by Gasteiger charge is 2.37. The molecule has 1 unspecified atom stereocenters. The predicted molar refractivity (Wildman–Crippen MR) is 158 cm³/mol.